The third-order valence-corrected chi connectivity index (χ3v) is 7.33. The minimum Gasteiger partial charge on any atom is -0.494 e. The molecular weight excluding hydrogens is 540 g/mol. The Bertz CT molecular complexity index is 1050. The largest absolute Gasteiger partial charge is 0.494 e. The first-order chi connectivity index (χ1) is 21.0. The number of hydrogen-bond donors (Lipinski definition) is 0. The molecule has 0 aromatic heterocycles. The van der Waals surface area contributed by atoms with Gasteiger partial charge in [-0.15, -0.1) is 0 Å². The van der Waals surface area contributed by atoms with Crippen LogP contribution in [0.2, 0.25) is 0 Å². The summed E-state index contributed by atoms with van der Waals surface area (Å²) in [5.74, 6) is 0.189. The van der Waals surface area contributed by atoms with Crippen LogP contribution in [0.25, 0.3) is 12.2 Å². The van der Waals surface area contributed by atoms with Crippen LogP contribution in [0.3, 0.4) is 0 Å². The zero-order valence-electron chi connectivity index (χ0n) is 26.8. The molecule has 0 radical (unpaired) electrons. The SMILES string of the molecule is CCCCCCCCOc1ccc(/C=C2\OC(C)(OCC)O/C(=C\c3ccc(OCCCCCCCC)cc3)C2=O)cc1. The normalized spacial score (nSPS) is 18.5. The number of benzene rings is 2. The maximum absolute atomic E-state index is 13.4. The molecule has 1 heterocycles. The Morgan fingerprint density at radius 2 is 1.00 bits per heavy atom. The predicted octanol–water partition coefficient (Wildman–Crippen LogP) is 9.87. The van der Waals surface area contributed by atoms with Gasteiger partial charge in [0, 0.05) is 6.92 Å². The molecule has 2 aromatic rings. The van der Waals surface area contributed by atoms with Crippen LogP contribution in [0.15, 0.2) is 60.0 Å². The van der Waals surface area contributed by atoms with Gasteiger partial charge in [-0.3, -0.25) is 4.79 Å². The predicted molar refractivity (Wildman–Crippen MR) is 174 cm³/mol. The molecule has 43 heavy (non-hydrogen) atoms. The monoisotopic (exact) mass is 592 g/mol. The first-order valence-electron chi connectivity index (χ1n) is 16.4. The van der Waals surface area contributed by atoms with Crippen LogP contribution in [-0.4, -0.2) is 31.6 Å². The molecule has 0 unspecified atom stereocenters. The molecule has 2 aromatic carbocycles. The number of Topliss-reactive ketones (excluding diaryl/α,β-unsaturated/α-hetero) is 1. The van der Waals surface area contributed by atoms with E-state index in [1.54, 1.807) is 19.1 Å². The van der Waals surface area contributed by atoms with Crippen molar-refractivity contribution in [1.29, 1.82) is 0 Å². The van der Waals surface area contributed by atoms with E-state index in [0.717, 1.165) is 35.5 Å². The molecule has 6 nitrogen and oxygen atoms in total. The van der Waals surface area contributed by atoms with Gasteiger partial charge in [-0.2, -0.15) is 0 Å². The first kappa shape index (κ1) is 34.2. The van der Waals surface area contributed by atoms with Crippen molar-refractivity contribution in [3.63, 3.8) is 0 Å². The Morgan fingerprint density at radius 3 is 1.40 bits per heavy atom. The highest BCUT2D eigenvalue weighted by Crippen LogP contribution is 2.33. The van der Waals surface area contributed by atoms with E-state index in [1.807, 2.05) is 55.5 Å². The molecule has 6 heteroatoms. The molecule has 3 rings (SSSR count). The number of unbranched alkanes of at least 4 members (excludes halogenated alkanes) is 10. The Balaban J connectivity index is 1.61. The van der Waals surface area contributed by atoms with E-state index in [0.29, 0.717) is 19.8 Å². The fourth-order valence-corrected chi connectivity index (χ4v) is 4.91. The van der Waals surface area contributed by atoms with Crippen LogP contribution in [0.4, 0.5) is 0 Å². The summed E-state index contributed by atoms with van der Waals surface area (Å²) in [5, 5.41) is 0. The lowest BCUT2D eigenvalue weighted by Crippen LogP contribution is -2.42. The van der Waals surface area contributed by atoms with Crippen molar-refractivity contribution < 1.29 is 28.5 Å². The van der Waals surface area contributed by atoms with Crippen molar-refractivity contribution in [2.45, 2.75) is 111 Å². The number of hydrogen-bond acceptors (Lipinski definition) is 6. The molecule has 1 aliphatic heterocycles. The van der Waals surface area contributed by atoms with Gasteiger partial charge in [0.1, 0.15) is 11.5 Å². The molecule has 0 bridgehead atoms. The summed E-state index contributed by atoms with van der Waals surface area (Å²) in [5.41, 5.74) is 1.64. The van der Waals surface area contributed by atoms with Crippen LogP contribution in [0, 0.1) is 0 Å². The van der Waals surface area contributed by atoms with Crippen LogP contribution in [0.1, 0.15) is 116 Å². The maximum Gasteiger partial charge on any atom is 0.368 e. The molecule has 236 valence electrons. The Kier molecular flexibility index (Phi) is 15.2. The van der Waals surface area contributed by atoms with Gasteiger partial charge < -0.3 is 23.7 Å². The van der Waals surface area contributed by atoms with Gasteiger partial charge in [-0.05, 0) is 67.3 Å². The molecule has 0 N–H and O–H groups in total. The van der Waals surface area contributed by atoms with Crippen molar-refractivity contribution in [2.75, 3.05) is 19.8 Å². The number of rotatable bonds is 20. The molecule has 0 saturated carbocycles. The van der Waals surface area contributed by atoms with E-state index >= 15 is 0 Å². The van der Waals surface area contributed by atoms with Gasteiger partial charge in [0.2, 0.25) is 0 Å². The fourth-order valence-electron chi connectivity index (χ4n) is 4.91. The summed E-state index contributed by atoms with van der Waals surface area (Å²) in [4.78, 5) is 13.4. The maximum atomic E-state index is 13.4. The van der Waals surface area contributed by atoms with E-state index in [9.17, 15) is 4.79 Å². The Labute approximate surface area is 259 Å². The average Bonchev–Trinajstić information content (AvgIpc) is 3.00. The summed E-state index contributed by atoms with van der Waals surface area (Å²) in [6, 6.07) is 15.3. The van der Waals surface area contributed by atoms with E-state index in [4.69, 9.17) is 23.7 Å². The molecule has 0 spiro atoms. The highest BCUT2D eigenvalue weighted by atomic mass is 16.9. The smallest absolute Gasteiger partial charge is 0.368 e. The molecule has 1 fully saturated rings. The van der Waals surface area contributed by atoms with Gasteiger partial charge in [0.25, 0.3) is 5.78 Å². The van der Waals surface area contributed by atoms with Gasteiger partial charge in [0.05, 0.1) is 19.8 Å². The molecular formula is C37H52O6. The summed E-state index contributed by atoms with van der Waals surface area (Å²) in [7, 11) is 0. The van der Waals surface area contributed by atoms with E-state index < -0.39 is 5.97 Å². The second-order valence-electron chi connectivity index (χ2n) is 11.2. The lowest BCUT2D eigenvalue weighted by atomic mass is 10.1. The standard InChI is InChI=1S/C37H52O6/c1-5-8-10-12-14-16-26-39-32-22-18-30(19-23-32)28-34-36(38)35(43-37(4,42-34)41-7-3)29-31-20-24-33(25-21-31)40-27-17-15-13-11-9-6-2/h18-25,28-29H,5-17,26-27H2,1-4H3/b34-28-,35-29-. The summed E-state index contributed by atoms with van der Waals surface area (Å²) < 4.78 is 29.4. The second-order valence-corrected chi connectivity index (χ2v) is 11.2. The third kappa shape index (κ3) is 12.5. The van der Waals surface area contributed by atoms with Crippen molar-refractivity contribution >= 4 is 17.9 Å². The van der Waals surface area contributed by atoms with Crippen molar-refractivity contribution in [3.05, 3.63) is 71.2 Å². The Morgan fingerprint density at radius 1 is 0.605 bits per heavy atom. The molecule has 0 amide bonds. The Hall–Kier alpha value is -3.25. The third-order valence-electron chi connectivity index (χ3n) is 7.33. The molecule has 1 aliphatic rings. The quantitative estimate of drug-likeness (QED) is 0.113. The number of carbonyl (C=O) groups is 1. The summed E-state index contributed by atoms with van der Waals surface area (Å²) in [6.07, 6.45) is 18.2. The van der Waals surface area contributed by atoms with Gasteiger partial charge in [0.15, 0.2) is 11.5 Å². The number of ether oxygens (including phenoxy) is 5. The fraction of sp³-hybridized carbons (Fsp3) is 0.541. The summed E-state index contributed by atoms with van der Waals surface area (Å²) in [6.45, 7) is 9.76. The van der Waals surface area contributed by atoms with Crippen molar-refractivity contribution in [3.8, 4) is 11.5 Å². The summed E-state index contributed by atoms with van der Waals surface area (Å²) >= 11 is 0. The van der Waals surface area contributed by atoms with Crippen molar-refractivity contribution in [2.24, 2.45) is 0 Å². The average molecular weight is 593 g/mol. The molecule has 0 aliphatic carbocycles. The lowest BCUT2D eigenvalue weighted by molar-refractivity contribution is -0.343. The van der Waals surface area contributed by atoms with E-state index in [2.05, 4.69) is 13.8 Å². The van der Waals surface area contributed by atoms with Crippen LogP contribution in [-0.2, 0) is 19.0 Å². The highest BCUT2D eigenvalue weighted by molar-refractivity contribution is 6.11. The van der Waals surface area contributed by atoms with Crippen LogP contribution >= 0.6 is 0 Å². The van der Waals surface area contributed by atoms with Gasteiger partial charge >= 0.3 is 5.97 Å². The number of carbonyl (C=O) groups excluding carboxylic acids is 1. The zero-order valence-corrected chi connectivity index (χ0v) is 26.8. The van der Waals surface area contributed by atoms with Crippen LogP contribution < -0.4 is 9.47 Å². The van der Waals surface area contributed by atoms with E-state index in [1.165, 1.54) is 64.2 Å². The zero-order chi connectivity index (χ0) is 30.8. The first-order valence-corrected chi connectivity index (χ1v) is 16.4. The van der Waals surface area contributed by atoms with Crippen molar-refractivity contribution in [1.82, 2.24) is 0 Å². The topological polar surface area (TPSA) is 63.2 Å². The van der Waals surface area contributed by atoms with Crippen LogP contribution in [0.5, 0.6) is 11.5 Å². The minimum absolute atomic E-state index is 0.160. The van der Waals surface area contributed by atoms with Gasteiger partial charge in [-0.1, -0.05) is 102 Å². The second kappa shape index (κ2) is 19.1. The number of ketones is 1. The minimum atomic E-state index is -1.42. The highest BCUT2D eigenvalue weighted by Gasteiger charge is 2.41. The van der Waals surface area contributed by atoms with E-state index in [-0.39, 0.29) is 17.3 Å². The molecule has 0 atom stereocenters. The lowest BCUT2D eigenvalue weighted by Gasteiger charge is -2.35. The van der Waals surface area contributed by atoms with Gasteiger partial charge in [-0.25, -0.2) is 0 Å². The molecule has 1 saturated heterocycles.